The van der Waals surface area contributed by atoms with E-state index in [9.17, 15) is 4.79 Å². The fourth-order valence-corrected chi connectivity index (χ4v) is 7.59. The third-order valence-electron chi connectivity index (χ3n) is 9.09. The third-order valence-corrected chi connectivity index (χ3v) is 9.33. The van der Waals surface area contributed by atoms with Crippen LogP contribution in [0.25, 0.3) is 0 Å². The van der Waals surface area contributed by atoms with Crippen molar-refractivity contribution in [1.29, 1.82) is 0 Å². The summed E-state index contributed by atoms with van der Waals surface area (Å²) >= 11 is 6.18. The van der Waals surface area contributed by atoms with E-state index in [-0.39, 0.29) is 29.2 Å². The number of hydrogen-bond acceptors (Lipinski definition) is 5. The van der Waals surface area contributed by atoms with Crippen molar-refractivity contribution in [3.05, 3.63) is 29.3 Å². The zero-order valence-electron chi connectivity index (χ0n) is 18.6. The molecule has 3 heterocycles. The summed E-state index contributed by atoms with van der Waals surface area (Å²) in [5, 5.41) is 0.779. The number of rotatable bonds is 3. The molecule has 3 aliphatic heterocycles. The van der Waals surface area contributed by atoms with Gasteiger partial charge in [-0.3, -0.25) is 9.69 Å². The van der Waals surface area contributed by atoms with Gasteiger partial charge in [0.15, 0.2) is 0 Å². The minimum absolute atomic E-state index is 0.0146. The lowest BCUT2D eigenvalue weighted by Crippen LogP contribution is -2.58. The monoisotopic (exact) mass is 444 g/mol. The average molecular weight is 445 g/mol. The fourth-order valence-electron chi connectivity index (χ4n) is 7.40. The van der Waals surface area contributed by atoms with Gasteiger partial charge < -0.3 is 14.4 Å². The van der Waals surface area contributed by atoms with Gasteiger partial charge in [0, 0.05) is 55.3 Å². The van der Waals surface area contributed by atoms with Crippen molar-refractivity contribution < 1.29 is 14.3 Å². The van der Waals surface area contributed by atoms with Crippen LogP contribution in [-0.2, 0) is 14.3 Å². The van der Waals surface area contributed by atoms with Gasteiger partial charge in [0.1, 0.15) is 11.7 Å². The number of ether oxygens (including phenoxy) is 2. The Balaban J connectivity index is 1.17. The molecule has 3 saturated heterocycles. The summed E-state index contributed by atoms with van der Waals surface area (Å²) in [4.78, 5) is 18.1. The van der Waals surface area contributed by atoms with E-state index in [0.717, 1.165) is 57.0 Å². The maximum Gasteiger partial charge on any atom is 0.311 e. The Kier molecular flexibility index (Phi) is 4.65. The van der Waals surface area contributed by atoms with Gasteiger partial charge in [-0.15, -0.1) is 0 Å². The summed E-state index contributed by atoms with van der Waals surface area (Å²) in [6.07, 6.45) is 4.64. The minimum atomic E-state index is -0.366. The van der Waals surface area contributed by atoms with Crippen LogP contribution >= 0.6 is 11.6 Å². The molecule has 0 radical (unpaired) electrons. The lowest BCUT2D eigenvalue weighted by atomic mass is 9.55. The summed E-state index contributed by atoms with van der Waals surface area (Å²) in [7, 11) is 0. The molecule has 7 atom stereocenters. The molecule has 5 fully saturated rings. The number of nitrogens with zero attached hydrogens (tertiary/aromatic N) is 2. The third kappa shape index (κ3) is 3.07. The van der Waals surface area contributed by atoms with E-state index in [2.05, 4.69) is 29.7 Å². The van der Waals surface area contributed by atoms with Crippen LogP contribution in [0.2, 0.25) is 5.02 Å². The first-order chi connectivity index (χ1) is 14.9. The van der Waals surface area contributed by atoms with Crippen LogP contribution < -0.4 is 4.90 Å². The largest absolute Gasteiger partial charge is 0.455 e. The van der Waals surface area contributed by atoms with Gasteiger partial charge in [0.25, 0.3) is 0 Å². The van der Waals surface area contributed by atoms with E-state index < -0.39 is 0 Å². The molecule has 168 valence electrons. The zero-order valence-corrected chi connectivity index (χ0v) is 19.3. The minimum Gasteiger partial charge on any atom is -0.455 e. The molecule has 5 nitrogen and oxygen atoms in total. The number of benzene rings is 1. The second-order valence-corrected chi connectivity index (χ2v) is 11.2. The molecule has 0 bridgehead atoms. The Morgan fingerprint density at radius 3 is 2.71 bits per heavy atom. The number of anilines is 1. The lowest BCUT2D eigenvalue weighted by Gasteiger charge is -2.50. The molecular weight excluding hydrogens is 412 g/mol. The average Bonchev–Trinajstić information content (AvgIpc) is 3.38. The highest BCUT2D eigenvalue weighted by Crippen LogP contribution is 2.66. The van der Waals surface area contributed by atoms with Crippen LogP contribution in [-0.4, -0.2) is 60.9 Å². The molecule has 1 spiro atoms. The van der Waals surface area contributed by atoms with E-state index in [0.29, 0.717) is 17.8 Å². The summed E-state index contributed by atoms with van der Waals surface area (Å²) in [5.41, 5.74) is 0.751. The van der Waals surface area contributed by atoms with Crippen LogP contribution in [0.15, 0.2) is 24.3 Å². The molecule has 6 heteroatoms. The molecule has 6 rings (SSSR count). The van der Waals surface area contributed by atoms with E-state index in [1.807, 2.05) is 18.2 Å². The molecule has 1 aromatic carbocycles. The number of piperazine rings is 1. The molecule has 0 amide bonds. The summed E-state index contributed by atoms with van der Waals surface area (Å²) in [6.45, 7) is 9.24. The first-order valence-corrected chi connectivity index (χ1v) is 12.4. The smallest absolute Gasteiger partial charge is 0.311 e. The van der Waals surface area contributed by atoms with Crippen LogP contribution in [0.5, 0.6) is 0 Å². The second-order valence-electron chi connectivity index (χ2n) is 10.8. The van der Waals surface area contributed by atoms with Crippen molar-refractivity contribution in [3.63, 3.8) is 0 Å². The number of carbonyl (C=O) groups excluding carboxylic acids is 1. The standard InChI is InChI=1S/C25H33ClN2O3/c1-16-6-7-21-19(22(29)30-25(21)20(16)8-9-24(2)23(25)31-24)15-27-10-12-28(13-11-27)18-5-3-4-17(26)14-18/h3-5,14,16,19-21,23H,6-13,15H2,1-2H3/t16-,19-,20+,21-,23-,24+,25-/m0/s1. The van der Waals surface area contributed by atoms with Crippen LogP contribution in [0, 0.1) is 23.7 Å². The van der Waals surface area contributed by atoms with Crippen molar-refractivity contribution in [3.8, 4) is 0 Å². The predicted molar refractivity (Wildman–Crippen MR) is 120 cm³/mol. The van der Waals surface area contributed by atoms with Crippen molar-refractivity contribution >= 4 is 23.3 Å². The number of carbonyl (C=O) groups is 1. The van der Waals surface area contributed by atoms with Gasteiger partial charge in [-0.25, -0.2) is 0 Å². The Bertz CT molecular complexity index is 887. The summed E-state index contributed by atoms with van der Waals surface area (Å²) in [5.74, 6) is 1.39. The molecule has 2 saturated carbocycles. The molecule has 2 aliphatic carbocycles. The topological polar surface area (TPSA) is 45.3 Å². The Morgan fingerprint density at radius 2 is 1.94 bits per heavy atom. The van der Waals surface area contributed by atoms with E-state index in [4.69, 9.17) is 21.1 Å². The van der Waals surface area contributed by atoms with Gasteiger partial charge >= 0.3 is 5.97 Å². The lowest BCUT2D eigenvalue weighted by molar-refractivity contribution is -0.168. The first kappa shape index (κ1) is 20.3. The number of epoxide rings is 1. The highest BCUT2D eigenvalue weighted by Gasteiger charge is 2.77. The Hall–Kier alpha value is -1.30. The van der Waals surface area contributed by atoms with Gasteiger partial charge in [0.05, 0.1) is 11.5 Å². The van der Waals surface area contributed by atoms with E-state index >= 15 is 0 Å². The van der Waals surface area contributed by atoms with Crippen molar-refractivity contribution in [2.24, 2.45) is 23.7 Å². The first-order valence-electron chi connectivity index (χ1n) is 12.0. The van der Waals surface area contributed by atoms with Crippen LogP contribution in [0.3, 0.4) is 0 Å². The fraction of sp³-hybridized carbons (Fsp3) is 0.720. The van der Waals surface area contributed by atoms with Gasteiger partial charge in [-0.2, -0.15) is 0 Å². The number of hydrogen-bond donors (Lipinski definition) is 0. The Morgan fingerprint density at radius 1 is 1.13 bits per heavy atom. The molecular formula is C25H33ClN2O3. The molecule has 31 heavy (non-hydrogen) atoms. The van der Waals surface area contributed by atoms with Gasteiger partial charge in [-0.1, -0.05) is 24.6 Å². The maximum atomic E-state index is 13.2. The normalized spacial score (nSPS) is 44.3. The summed E-state index contributed by atoms with van der Waals surface area (Å²) in [6, 6.07) is 8.09. The molecule has 0 N–H and O–H groups in total. The molecule has 5 aliphatic rings. The molecule has 0 aromatic heterocycles. The van der Waals surface area contributed by atoms with Crippen molar-refractivity contribution in [2.75, 3.05) is 37.6 Å². The molecule has 0 unspecified atom stereocenters. The van der Waals surface area contributed by atoms with Gasteiger partial charge in [0.2, 0.25) is 0 Å². The second kappa shape index (κ2) is 7.10. The number of fused-ring (bicyclic) bond motifs is 1. The highest BCUT2D eigenvalue weighted by molar-refractivity contribution is 6.30. The quantitative estimate of drug-likeness (QED) is 0.521. The van der Waals surface area contributed by atoms with Gasteiger partial charge in [-0.05, 0) is 56.7 Å². The number of halogens is 1. The van der Waals surface area contributed by atoms with Crippen LogP contribution in [0.4, 0.5) is 5.69 Å². The number of esters is 1. The van der Waals surface area contributed by atoms with Crippen LogP contribution in [0.1, 0.15) is 39.5 Å². The maximum absolute atomic E-state index is 13.2. The highest BCUT2D eigenvalue weighted by atomic mass is 35.5. The predicted octanol–water partition coefficient (Wildman–Crippen LogP) is 3.99. The van der Waals surface area contributed by atoms with E-state index in [1.54, 1.807) is 0 Å². The zero-order chi connectivity index (χ0) is 21.4. The van der Waals surface area contributed by atoms with Crippen molar-refractivity contribution in [2.45, 2.75) is 56.8 Å². The van der Waals surface area contributed by atoms with E-state index in [1.165, 1.54) is 12.1 Å². The Labute approximate surface area is 190 Å². The SMILES string of the molecule is C[C@H]1CC[C@H]2[C@H](CN3CCN(c4cccc(Cl)c4)CC3)C(=O)O[C@@]23[C@@H]1CC[C@@]1(C)O[C@H]31. The van der Waals surface area contributed by atoms with Crippen molar-refractivity contribution in [1.82, 2.24) is 4.90 Å². The summed E-state index contributed by atoms with van der Waals surface area (Å²) < 4.78 is 12.6. The molecule has 1 aromatic rings.